The Hall–Kier alpha value is -3.05. The Kier molecular flexibility index (Phi) is 6.39. The zero-order chi connectivity index (χ0) is 21.0. The predicted molar refractivity (Wildman–Crippen MR) is 112 cm³/mol. The van der Waals surface area contributed by atoms with Crippen LogP contribution in [0.5, 0.6) is 0 Å². The van der Waals surface area contributed by atoms with Crippen LogP contribution in [-0.2, 0) is 24.8 Å². The van der Waals surface area contributed by atoms with Crippen molar-refractivity contribution in [3.8, 4) is 11.1 Å². The van der Waals surface area contributed by atoms with Crippen molar-refractivity contribution < 1.29 is 13.9 Å². The van der Waals surface area contributed by atoms with Crippen LogP contribution in [0.1, 0.15) is 40.9 Å². The lowest BCUT2D eigenvalue weighted by Crippen LogP contribution is -2.17. The Morgan fingerprint density at radius 2 is 1.76 bits per heavy atom. The Morgan fingerprint density at radius 3 is 2.41 bits per heavy atom. The smallest absolute Gasteiger partial charge is 0.250 e. The van der Waals surface area contributed by atoms with Gasteiger partial charge in [0.1, 0.15) is 5.82 Å². The van der Waals surface area contributed by atoms with Crippen LogP contribution in [0.2, 0.25) is 0 Å². The predicted octanol–water partition coefficient (Wildman–Crippen LogP) is 4.52. The number of hydrogen-bond donors (Lipinski definition) is 0. The van der Waals surface area contributed by atoms with E-state index in [0.29, 0.717) is 30.8 Å². The number of ether oxygens (including phenoxy) is 1. The molecule has 3 aromatic rings. The van der Waals surface area contributed by atoms with Gasteiger partial charge in [-0.15, -0.1) is 0 Å². The fourth-order valence-corrected chi connectivity index (χ4v) is 3.28. The third-order valence-electron chi connectivity index (χ3n) is 4.89. The summed E-state index contributed by atoms with van der Waals surface area (Å²) >= 11 is 0. The van der Waals surface area contributed by atoms with Gasteiger partial charge in [-0.25, -0.2) is 4.39 Å². The van der Waals surface area contributed by atoms with E-state index in [4.69, 9.17) is 4.74 Å². The lowest BCUT2D eigenvalue weighted by atomic mass is 9.90. The second kappa shape index (κ2) is 8.97. The maximum Gasteiger partial charge on any atom is 0.250 e. The van der Waals surface area contributed by atoms with Crippen LogP contribution in [-0.4, -0.2) is 17.0 Å². The molecule has 0 bridgehead atoms. The maximum atomic E-state index is 13.3. The number of aryl methyl sites for hydroxylation is 2. The van der Waals surface area contributed by atoms with Crippen molar-refractivity contribution in [2.75, 3.05) is 6.61 Å². The van der Waals surface area contributed by atoms with E-state index in [2.05, 4.69) is 0 Å². The number of rotatable bonds is 7. The van der Waals surface area contributed by atoms with Gasteiger partial charge in [0.2, 0.25) is 0 Å². The topological polar surface area (TPSA) is 48.3 Å². The van der Waals surface area contributed by atoms with Gasteiger partial charge in [0.15, 0.2) is 5.78 Å². The lowest BCUT2D eigenvalue weighted by molar-refractivity contribution is 0.103. The second-order valence-corrected chi connectivity index (χ2v) is 6.87. The van der Waals surface area contributed by atoms with Crippen molar-refractivity contribution >= 4 is 5.78 Å². The van der Waals surface area contributed by atoms with E-state index in [0.717, 1.165) is 22.3 Å². The number of ketones is 1. The largest absolute Gasteiger partial charge is 0.377 e. The third kappa shape index (κ3) is 4.51. The van der Waals surface area contributed by atoms with Crippen molar-refractivity contribution in [3.63, 3.8) is 0 Å². The van der Waals surface area contributed by atoms with Crippen molar-refractivity contribution in [2.24, 2.45) is 7.05 Å². The lowest BCUT2D eigenvalue weighted by Gasteiger charge is -2.16. The number of nitrogens with zero attached hydrogens (tertiary/aromatic N) is 1. The van der Waals surface area contributed by atoms with Crippen LogP contribution < -0.4 is 5.56 Å². The maximum absolute atomic E-state index is 13.3. The molecule has 0 spiro atoms. The molecule has 150 valence electrons. The van der Waals surface area contributed by atoms with Crippen LogP contribution >= 0.6 is 0 Å². The standard InChI is InChI=1S/C24H24FNO3/c1-4-17-13-23(27)26(3)14-22(17)21-12-16(15-29-5-2)6-11-20(21)24(28)18-7-9-19(25)10-8-18/h6-14H,4-5,15H2,1-3H3. The molecule has 1 heterocycles. The Balaban J connectivity index is 2.20. The first-order valence-electron chi connectivity index (χ1n) is 9.65. The molecular weight excluding hydrogens is 369 g/mol. The number of carbonyl (C=O) groups excluding carboxylic acids is 1. The summed E-state index contributed by atoms with van der Waals surface area (Å²) in [5, 5.41) is 0. The molecule has 0 unspecified atom stereocenters. The molecule has 29 heavy (non-hydrogen) atoms. The first kappa shape index (κ1) is 20.7. The summed E-state index contributed by atoms with van der Waals surface area (Å²) in [6, 6.07) is 12.7. The summed E-state index contributed by atoms with van der Waals surface area (Å²) in [5.74, 6) is -0.584. The molecule has 4 nitrogen and oxygen atoms in total. The highest BCUT2D eigenvalue weighted by atomic mass is 19.1. The van der Waals surface area contributed by atoms with E-state index >= 15 is 0 Å². The van der Waals surface area contributed by atoms with Crippen molar-refractivity contribution in [1.29, 1.82) is 0 Å². The van der Waals surface area contributed by atoms with Gasteiger partial charge in [0, 0.05) is 42.6 Å². The Labute approximate surface area is 169 Å². The molecule has 2 aromatic carbocycles. The molecule has 3 rings (SSSR count). The minimum absolute atomic E-state index is 0.0949. The average molecular weight is 393 g/mol. The number of aromatic nitrogens is 1. The summed E-state index contributed by atoms with van der Waals surface area (Å²) in [6.45, 7) is 4.92. The monoisotopic (exact) mass is 393 g/mol. The zero-order valence-electron chi connectivity index (χ0n) is 16.9. The summed E-state index contributed by atoms with van der Waals surface area (Å²) in [5.41, 5.74) is 4.20. The normalized spacial score (nSPS) is 10.9. The van der Waals surface area contributed by atoms with Crippen LogP contribution in [0.25, 0.3) is 11.1 Å². The number of benzene rings is 2. The number of hydrogen-bond acceptors (Lipinski definition) is 3. The number of carbonyl (C=O) groups is 1. The Morgan fingerprint density at radius 1 is 1.03 bits per heavy atom. The number of pyridine rings is 1. The van der Waals surface area contributed by atoms with Gasteiger partial charge in [-0.2, -0.15) is 0 Å². The second-order valence-electron chi connectivity index (χ2n) is 6.87. The van der Waals surface area contributed by atoms with Crippen molar-refractivity contribution in [1.82, 2.24) is 4.57 Å². The van der Waals surface area contributed by atoms with Crippen LogP contribution in [0, 0.1) is 5.82 Å². The summed E-state index contributed by atoms with van der Waals surface area (Å²) in [6.07, 6.45) is 2.42. The Bertz CT molecular complexity index is 1080. The fraction of sp³-hybridized carbons (Fsp3) is 0.250. The highest BCUT2D eigenvalue weighted by molar-refractivity contribution is 6.13. The van der Waals surface area contributed by atoms with Crippen molar-refractivity contribution in [2.45, 2.75) is 26.9 Å². The summed E-state index contributed by atoms with van der Waals surface area (Å²) in [7, 11) is 1.69. The highest BCUT2D eigenvalue weighted by Gasteiger charge is 2.18. The SMILES string of the molecule is CCOCc1ccc(C(=O)c2ccc(F)cc2)c(-c2cn(C)c(=O)cc2CC)c1. The van der Waals surface area contributed by atoms with Crippen LogP contribution in [0.4, 0.5) is 4.39 Å². The van der Waals surface area contributed by atoms with E-state index in [9.17, 15) is 14.0 Å². The number of halogens is 1. The van der Waals surface area contributed by atoms with Crippen LogP contribution in [0.15, 0.2) is 59.5 Å². The average Bonchev–Trinajstić information content (AvgIpc) is 2.73. The molecular formula is C24H24FNO3. The minimum Gasteiger partial charge on any atom is -0.377 e. The molecule has 0 N–H and O–H groups in total. The van der Waals surface area contributed by atoms with Crippen molar-refractivity contribution in [3.05, 3.63) is 93.2 Å². The van der Waals surface area contributed by atoms with Gasteiger partial charge in [-0.3, -0.25) is 9.59 Å². The summed E-state index contributed by atoms with van der Waals surface area (Å²) < 4.78 is 20.3. The molecule has 0 fully saturated rings. The molecule has 0 aliphatic rings. The van der Waals surface area contributed by atoms with Gasteiger partial charge >= 0.3 is 0 Å². The molecule has 0 amide bonds. The van der Waals surface area contributed by atoms with E-state index in [-0.39, 0.29) is 17.2 Å². The van der Waals surface area contributed by atoms with Gasteiger partial charge < -0.3 is 9.30 Å². The van der Waals surface area contributed by atoms with Gasteiger partial charge in [0.05, 0.1) is 6.61 Å². The molecule has 1 aromatic heterocycles. The van der Waals surface area contributed by atoms with Gasteiger partial charge in [-0.05, 0) is 60.4 Å². The first-order chi connectivity index (χ1) is 13.9. The molecule has 0 aliphatic carbocycles. The van der Waals surface area contributed by atoms with Gasteiger partial charge in [-0.1, -0.05) is 19.1 Å². The molecule has 0 atom stereocenters. The molecule has 0 aliphatic heterocycles. The van der Waals surface area contributed by atoms with E-state index < -0.39 is 0 Å². The summed E-state index contributed by atoms with van der Waals surface area (Å²) in [4.78, 5) is 25.3. The fourth-order valence-electron chi connectivity index (χ4n) is 3.28. The van der Waals surface area contributed by atoms with E-state index in [1.54, 1.807) is 25.4 Å². The molecule has 0 saturated carbocycles. The quantitative estimate of drug-likeness (QED) is 0.555. The molecule has 0 saturated heterocycles. The first-order valence-corrected chi connectivity index (χ1v) is 9.65. The minimum atomic E-state index is -0.389. The molecule has 0 radical (unpaired) electrons. The molecule has 5 heteroatoms. The zero-order valence-corrected chi connectivity index (χ0v) is 16.9. The van der Waals surface area contributed by atoms with Gasteiger partial charge in [0.25, 0.3) is 5.56 Å². The van der Waals surface area contributed by atoms with Crippen LogP contribution in [0.3, 0.4) is 0 Å². The van der Waals surface area contributed by atoms with E-state index in [1.165, 1.54) is 28.8 Å². The highest BCUT2D eigenvalue weighted by Crippen LogP contribution is 2.30. The van der Waals surface area contributed by atoms with E-state index in [1.807, 2.05) is 26.0 Å². The third-order valence-corrected chi connectivity index (χ3v) is 4.89.